The second-order valence-corrected chi connectivity index (χ2v) is 4.31. The van der Waals surface area contributed by atoms with Gasteiger partial charge in [0.05, 0.1) is 11.4 Å². The first kappa shape index (κ1) is 14.3. The maximum atomic E-state index is 13.8. The van der Waals surface area contributed by atoms with E-state index in [0.29, 0.717) is 5.56 Å². The van der Waals surface area contributed by atoms with Gasteiger partial charge in [0, 0.05) is 11.1 Å². The van der Waals surface area contributed by atoms with Gasteiger partial charge in [-0.15, -0.1) is 11.6 Å². The van der Waals surface area contributed by atoms with E-state index in [1.807, 2.05) is 0 Å². The zero-order chi connectivity index (χ0) is 14.5. The van der Waals surface area contributed by atoms with Crippen molar-refractivity contribution in [1.82, 2.24) is 0 Å². The van der Waals surface area contributed by atoms with Crippen LogP contribution in [0, 0.1) is 23.0 Å². The highest BCUT2D eigenvalue weighted by Gasteiger charge is 2.12. The summed E-state index contributed by atoms with van der Waals surface area (Å²) in [6.07, 6.45) is 0. The Balaban J connectivity index is 2.24. The second kappa shape index (κ2) is 6.36. The number of ether oxygens (including phenoxy) is 1. The number of para-hydroxylation sites is 1. The molecule has 0 fully saturated rings. The van der Waals surface area contributed by atoms with Crippen LogP contribution < -0.4 is 4.74 Å². The summed E-state index contributed by atoms with van der Waals surface area (Å²) >= 11 is 5.70. The molecule has 2 aromatic rings. The molecule has 20 heavy (non-hydrogen) atoms. The number of alkyl halides is 1. The molecule has 0 atom stereocenters. The fraction of sp³-hybridized carbons (Fsp3) is 0.133. The van der Waals surface area contributed by atoms with Crippen LogP contribution >= 0.6 is 11.6 Å². The minimum absolute atomic E-state index is 0.00395. The summed E-state index contributed by atoms with van der Waals surface area (Å²) in [4.78, 5) is 0. The highest BCUT2D eigenvalue weighted by molar-refractivity contribution is 6.17. The maximum Gasteiger partial charge on any atom is 0.165 e. The van der Waals surface area contributed by atoms with Crippen LogP contribution in [0.25, 0.3) is 0 Å². The van der Waals surface area contributed by atoms with Crippen LogP contribution in [0.5, 0.6) is 5.75 Å². The molecule has 2 rings (SSSR count). The SMILES string of the molecule is N#Cc1cccc(COc2c(F)cccc2CCl)c1F. The maximum absolute atomic E-state index is 13.8. The topological polar surface area (TPSA) is 33.0 Å². The van der Waals surface area contributed by atoms with Crippen LogP contribution in [0.2, 0.25) is 0 Å². The molecule has 0 N–H and O–H groups in total. The number of halogens is 3. The average molecular weight is 294 g/mol. The zero-order valence-electron chi connectivity index (χ0n) is 10.4. The van der Waals surface area contributed by atoms with Crippen LogP contribution in [0.3, 0.4) is 0 Å². The van der Waals surface area contributed by atoms with Crippen molar-refractivity contribution in [3.63, 3.8) is 0 Å². The van der Waals surface area contributed by atoms with E-state index in [2.05, 4.69) is 0 Å². The Labute approximate surface area is 120 Å². The van der Waals surface area contributed by atoms with Crippen molar-refractivity contribution < 1.29 is 13.5 Å². The van der Waals surface area contributed by atoms with E-state index in [1.54, 1.807) is 18.2 Å². The number of hydrogen-bond acceptors (Lipinski definition) is 2. The molecular weight excluding hydrogens is 284 g/mol. The summed E-state index contributed by atoms with van der Waals surface area (Å²) in [5, 5.41) is 8.75. The second-order valence-electron chi connectivity index (χ2n) is 4.04. The van der Waals surface area contributed by atoms with Crippen molar-refractivity contribution in [3.8, 4) is 11.8 Å². The van der Waals surface area contributed by atoms with Crippen molar-refractivity contribution in [2.45, 2.75) is 12.5 Å². The van der Waals surface area contributed by atoms with E-state index in [1.165, 1.54) is 24.3 Å². The molecule has 0 spiro atoms. The summed E-state index contributed by atoms with van der Waals surface area (Å²) in [6.45, 7) is -0.174. The molecule has 0 aliphatic rings. The lowest BCUT2D eigenvalue weighted by Crippen LogP contribution is -2.03. The first-order valence-electron chi connectivity index (χ1n) is 5.81. The van der Waals surface area contributed by atoms with Crippen molar-refractivity contribution in [2.75, 3.05) is 0 Å². The minimum atomic E-state index is -0.654. The van der Waals surface area contributed by atoms with E-state index >= 15 is 0 Å². The van der Waals surface area contributed by atoms with Crippen molar-refractivity contribution >= 4 is 11.6 Å². The molecule has 0 saturated carbocycles. The zero-order valence-corrected chi connectivity index (χ0v) is 11.1. The molecule has 5 heteroatoms. The average Bonchev–Trinajstić information content (AvgIpc) is 2.47. The van der Waals surface area contributed by atoms with Crippen LogP contribution in [0.1, 0.15) is 16.7 Å². The molecule has 0 aromatic heterocycles. The lowest BCUT2D eigenvalue weighted by Gasteiger charge is -2.11. The molecule has 0 radical (unpaired) electrons. The predicted molar refractivity (Wildman–Crippen MR) is 71.4 cm³/mol. The van der Waals surface area contributed by atoms with Gasteiger partial charge in [-0.2, -0.15) is 5.26 Å². The summed E-state index contributed by atoms with van der Waals surface area (Å²) in [7, 11) is 0. The van der Waals surface area contributed by atoms with Gasteiger partial charge in [-0.05, 0) is 12.1 Å². The molecule has 102 valence electrons. The molecule has 0 heterocycles. The van der Waals surface area contributed by atoms with Crippen LogP contribution in [-0.4, -0.2) is 0 Å². The molecule has 0 aliphatic heterocycles. The summed E-state index contributed by atoms with van der Waals surface area (Å²) in [6, 6.07) is 10.5. The first-order valence-corrected chi connectivity index (χ1v) is 6.34. The lowest BCUT2D eigenvalue weighted by atomic mass is 10.1. The van der Waals surface area contributed by atoms with Gasteiger partial charge in [0.25, 0.3) is 0 Å². The standard InChI is InChI=1S/C15H10ClF2NO/c16-7-10-3-2-6-13(17)15(10)20-9-12-5-1-4-11(8-19)14(12)18/h1-6H,7,9H2. The van der Waals surface area contributed by atoms with Crippen molar-refractivity contribution in [1.29, 1.82) is 5.26 Å². The summed E-state index contributed by atoms with van der Waals surface area (Å²) in [5.41, 5.74) is 0.605. The normalized spacial score (nSPS) is 10.1. The first-order chi connectivity index (χ1) is 9.67. The van der Waals surface area contributed by atoms with E-state index in [4.69, 9.17) is 21.6 Å². The predicted octanol–water partition coefficient (Wildman–Crippen LogP) is 4.15. The molecule has 0 unspecified atom stereocenters. The summed E-state index contributed by atoms with van der Waals surface area (Å²) < 4.78 is 32.8. The van der Waals surface area contributed by atoms with Crippen molar-refractivity contribution in [2.24, 2.45) is 0 Å². The minimum Gasteiger partial charge on any atom is -0.485 e. The summed E-state index contributed by atoms with van der Waals surface area (Å²) in [5.74, 6) is -1.11. The molecule has 0 saturated heterocycles. The monoisotopic (exact) mass is 293 g/mol. The van der Waals surface area contributed by atoms with Gasteiger partial charge in [-0.1, -0.05) is 24.3 Å². The smallest absolute Gasteiger partial charge is 0.165 e. The fourth-order valence-electron chi connectivity index (χ4n) is 1.75. The highest BCUT2D eigenvalue weighted by atomic mass is 35.5. The van der Waals surface area contributed by atoms with Gasteiger partial charge in [-0.3, -0.25) is 0 Å². The number of nitrogens with zero attached hydrogens (tertiary/aromatic N) is 1. The van der Waals surface area contributed by atoms with E-state index < -0.39 is 11.6 Å². The third-order valence-corrected chi connectivity index (χ3v) is 3.05. The van der Waals surface area contributed by atoms with E-state index in [0.717, 1.165) is 0 Å². The van der Waals surface area contributed by atoms with Gasteiger partial charge in [-0.25, -0.2) is 8.78 Å². The molecule has 2 nitrogen and oxygen atoms in total. The van der Waals surface area contributed by atoms with Crippen LogP contribution in [-0.2, 0) is 12.5 Å². The number of benzene rings is 2. The molecule has 0 bridgehead atoms. The highest BCUT2D eigenvalue weighted by Crippen LogP contribution is 2.25. The molecule has 0 amide bonds. The number of nitriles is 1. The third-order valence-electron chi connectivity index (χ3n) is 2.76. The fourth-order valence-corrected chi connectivity index (χ4v) is 1.96. The van der Waals surface area contributed by atoms with Gasteiger partial charge < -0.3 is 4.74 Å². The Kier molecular flexibility index (Phi) is 4.54. The Morgan fingerprint density at radius 1 is 1.10 bits per heavy atom. The third kappa shape index (κ3) is 2.89. The number of hydrogen-bond donors (Lipinski definition) is 0. The quantitative estimate of drug-likeness (QED) is 0.793. The molecule has 0 aliphatic carbocycles. The van der Waals surface area contributed by atoms with Gasteiger partial charge in [0.15, 0.2) is 11.6 Å². The molecule has 2 aromatic carbocycles. The lowest BCUT2D eigenvalue weighted by molar-refractivity contribution is 0.282. The Hall–Kier alpha value is -2.12. The van der Waals surface area contributed by atoms with Gasteiger partial charge in [0.1, 0.15) is 18.5 Å². The number of rotatable bonds is 4. The Morgan fingerprint density at radius 3 is 2.50 bits per heavy atom. The Morgan fingerprint density at radius 2 is 1.80 bits per heavy atom. The van der Waals surface area contributed by atoms with E-state index in [-0.39, 0.29) is 29.4 Å². The largest absolute Gasteiger partial charge is 0.485 e. The van der Waals surface area contributed by atoms with Gasteiger partial charge in [0.2, 0.25) is 0 Å². The van der Waals surface area contributed by atoms with Crippen LogP contribution in [0.4, 0.5) is 8.78 Å². The van der Waals surface area contributed by atoms with Crippen molar-refractivity contribution in [3.05, 3.63) is 64.7 Å². The molecular formula is C15H10ClF2NO. The Bertz CT molecular complexity index is 667. The van der Waals surface area contributed by atoms with Crippen LogP contribution in [0.15, 0.2) is 36.4 Å². The van der Waals surface area contributed by atoms with Gasteiger partial charge >= 0.3 is 0 Å². The van der Waals surface area contributed by atoms with E-state index in [9.17, 15) is 8.78 Å².